The number of aromatic nitrogens is 1. The van der Waals surface area contributed by atoms with E-state index >= 15 is 0 Å². The molecule has 0 aliphatic rings. The van der Waals surface area contributed by atoms with Crippen molar-refractivity contribution in [3.05, 3.63) is 10.9 Å². The summed E-state index contributed by atoms with van der Waals surface area (Å²) < 4.78 is 11.2. The maximum absolute atomic E-state index is 11.2. The number of carbonyl (C=O) groups is 1. The van der Waals surface area contributed by atoms with Gasteiger partial charge in [-0.15, -0.1) is 11.3 Å². The van der Waals surface area contributed by atoms with Crippen LogP contribution in [0.2, 0.25) is 0 Å². The highest BCUT2D eigenvalue weighted by molar-refractivity contribution is 7.66. The molecular weight excluding hydrogens is 201 g/mol. The molecule has 66 valence electrons. The van der Waals surface area contributed by atoms with Crippen molar-refractivity contribution in [1.29, 1.82) is 0 Å². The van der Waals surface area contributed by atoms with Crippen molar-refractivity contribution in [1.82, 2.24) is 4.98 Å². The molecule has 0 saturated heterocycles. The average molecular weight is 207 g/mol. The molecule has 0 fully saturated rings. The minimum absolute atomic E-state index is 0.0325. The normalized spacial score (nSPS) is 15.4. The number of carboxylic acids is 1. The Bertz CT molecular complexity index is 322. The summed E-state index contributed by atoms with van der Waals surface area (Å²) in [5.74, 6) is -1.30. The second-order valence-electron chi connectivity index (χ2n) is 2.10. The van der Waals surface area contributed by atoms with E-state index in [0.29, 0.717) is 0 Å². The summed E-state index contributed by atoms with van der Waals surface area (Å²) in [7, 11) is -3.75. The molecule has 0 amide bonds. The van der Waals surface area contributed by atoms with Gasteiger partial charge in [0, 0.05) is 5.38 Å². The number of thiazole rings is 1. The molecule has 1 aromatic heterocycles. The van der Waals surface area contributed by atoms with E-state index in [1.54, 1.807) is 0 Å². The van der Waals surface area contributed by atoms with E-state index < -0.39 is 19.5 Å². The van der Waals surface area contributed by atoms with Crippen molar-refractivity contribution < 1.29 is 19.4 Å². The second kappa shape index (κ2) is 3.35. The molecule has 0 saturated carbocycles. The Balaban J connectivity index is 2.87. The van der Waals surface area contributed by atoms with E-state index in [1.165, 1.54) is 10.9 Å². The monoisotopic (exact) mass is 207 g/mol. The summed E-state index contributed by atoms with van der Waals surface area (Å²) in [6, 6.07) is 0. The first kappa shape index (κ1) is 9.38. The van der Waals surface area contributed by atoms with E-state index in [9.17, 15) is 9.36 Å². The molecule has 0 aromatic carbocycles. The highest BCUT2D eigenvalue weighted by Gasteiger charge is 2.26. The van der Waals surface area contributed by atoms with Crippen LogP contribution in [0.5, 0.6) is 0 Å². The molecule has 7 heteroatoms. The number of hydrogen-bond acceptors (Lipinski definition) is 4. The Morgan fingerprint density at radius 2 is 2.42 bits per heavy atom. The van der Waals surface area contributed by atoms with Crippen LogP contribution in [0.3, 0.4) is 0 Å². The molecule has 1 unspecified atom stereocenters. The fourth-order valence-electron chi connectivity index (χ4n) is 0.643. The van der Waals surface area contributed by atoms with Gasteiger partial charge in [0.2, 0.25) is 0 Å². The summed E-state index contributed by atoms with van der Waals surface area (Å²) in [6.07, 6.45) is -0.767. The van der Waals surface area contributed by atoms with E-state index in [0.717, 1.165) is 11.3 Å². The molecule has 0 spiro atoms. The Hall–Kier alpha value is -0.710. The van der Waals surface area contributed by atoms with Crippen LogP contribution >= 0.6 is 18.7 Å². The third-order valence-corrected chi connectivity index (χ3v) is 3.55. The zero-order valence-electron chi connectivity index (χ0n) is 5.88. The lowest BCUT2D eigenvalue weighted by molar-refractivity contribution is -0.134. The van der Waals surface area contributed by atoms with E-state index in [2.05, 4.69) is 4.98 Å². The molecule has 1 rings (SSSR count). The van der Waals surface area contributed by atoms with Crippen LogP contribution in [0, 0.1) is 0 Å². The number of nitrogens with zero attached hydrogens (tertiary/aromatic N) is 1. The molecule has 1 aromatic rings. The third-order valence-electron chi connectivity index (χ3n) is 1.13. The lowest BCUT2D eigenvalue weighted by atomic mass is 10.8. The average Bonchev–Trinajstić information content (AvgIpc) is 2.32. The van der Waals surface area contributed by atoms with Gasteiger partial charge in [0.05, 0.1) is 5.51 Å². The largest absolute Gasteiger partial charge is 0.481 e. The van der Waals surface area contributed by atoms with Crippen LogP contribution in [-0.4, -0.2) is 27.1 Å². The Kier molecular flexibility index (Phi) is 2.62. The topological polar surface area (TPSA) is 87.5 Å². The first-order valence-corrected chi connectivity index (χ1v) is 5.73. The summed E-state index contributed by atoms with van der Waals surface area (Å²) in [5, 5.41) is 9.67. The molecule has 0 aliphatic carbocycles. The van der Waals surface area contributed by atoms with E-state index in [1.807, 2.05) is 0 Å². The molecule has 0 bridgehead atoms. The van der Waals surface area contributed by atoms with Crippen molar-refractivity contribution in [2.75, 3.05) is 6.16 Å². The maximum atomic E-state index is 11.2. The lowest BCUT2D eigenvalue weighted by Crippen LogP contribution is -2.13. The number of aliphatic carboxylic acids is 1. The number of carboxylic acid groups (broad SMARTS) is 1. The van der Waals surface area contributed by atoms with Crippen LogP contribution < -0.4 is 5.44 Å². The summed E-state index contributed by atoms with van der Waals surface area (Å²) in [4.78, 5) is 22.9. The molecular formula is C5H6NO4PS. The van der Waals surface area contributed by atoms with Crippen LogP contribution in [0.25, 0.3) is 0 Å². The van der Waals surface area contributed by atoms with Crippen LogP contribution in [0.1, 0.15) is 0 Å². The molecule has 12 heavy (non-hydrogen) atoms. The Labute approximate surface area is 72.1 Å². The zero-order chi connectivity index (χ0) is 9.19. The van der Waals surface area contributed by atoms with Crippen LogP contribution in [-0.2, 0) is 9.36 Å². The van der Waals surface area contributed by atoms with Gasteiger partial charge in [0.1, 0.15) is 11.6 Å². The molecule has 0 radical (unpaired) electrons. The van der Waals surface area contributed by atoms with Crippen molar-refractivity contribution in [2.45, 2.75) is 0 Å². The first-order valence-electron chi connectivity index (χ1n) is 2.95. The molecule has 1 atom stereocenters. The lowest BCUT2D eigenvalue weighted by Gasteiger charge is -2.03. The molecule has 0 aliphatic heterocycles. The zero-order valence-corrected chi connectivity index (χ0v) is 7.59. The molecule has 2 N–H and O–H groups in total. The van der Waals surface area contributed by atoms with Gasteiger partial charge in [-0.1, -0.05) is 0 Å². The van der Waals surface area contributed by atoms with E-state index in [4.69, 9.17) is 10.00 Å². The number of rotatable bonds is 3. The third kappa shape index (κ3) is 2.14. The molecule has 1 heterocycles. The highest BCUT2D eigenvalue weighted by atomic mass is 32.1. The number of hydrogen-bond donors (Lipinski definition) is 2. The van der Waals surface area contributed by atoms with E-state index in [-0.39, 0.29) is 5.44 Å². The van der Waals surface area contributed by atoms with Crippen molar-refractivity contribution >= 4 is 30.1 Å². The summed E-state index contributed by atoms with van der Waals surface area (Å²) in [6.45, 7) is 0. The summed E-state index contributed by atoms with van der Waals surface area (Å²) >= 11 is 1.16. The smallest absolute Gasteiger partial charge is 0.313 e. The molecule has 5 nitrogen and oxygen atoms in total. The minimum Gasteiger partial charge on any atom is -0.481 e. The van der Waals surface area contributed by atoms with Gasteiger partial charge in [-0.05, 0) is 0 Å². The highest BCUT2D eigenvalue weighted by Crippen LogP contribution is 2.38. The SMILES string of the molecule is O=C(O)CP(=O)(O)c1cscn1. The predicted octanol–water partition coefficient (Wildman–Crippen LogP) is 0.123. The van der Waals surface area contributed by atoms with Crippen LogP contribution in [0.4, 0.5) is 0 Å². The van der Waals surface area contributed by atoms with Gasteiger partial charge in [-0.25, -0.2) is 4.98 Å². The van der Waals surface area contributed by atoms with Gasteiger partial charge >= 0.3 is 5.97 Å². The van der Waals surface area contributed by atoms with Crippen molar-refractivity contribution in [3.63, 3.8) is 0 Å². The maximum Gasteiger partial charge on any atom is 0.313 e. The Morgan fingerprint density at radius 1 is 1.75 bits per heavy atom. The van der Waals surface area contributed by atoms with Gasteiger partial charge in [0.15, 0.2) is 0 Å². The Morgan fingerprint density at radius 3 is 2.83 bits per heavy atom. The van der Waals surface area contributed by atoms with Gasteiger partial charge in [0.25, 0.3) is 7.37 Å². The quantitative estimate of drug-likeness (QED) is 0.687. The first-order chi connectivity index (χ1) is 5.52. The minimum atomic E-state index is -3.75. The predicted molar refractivity (Wildman–Crippen MR) is 44.1 cm³/mol. The summed E-state index contributed by atoms with van der Waals surface area (Å²) in [5.41, 5.74) is 1.36. The fourth-order valence-corrected chi connectivity index (χ4v) is 2.75. The van der Waals surface area contributed by atoms with Gasteiger partial charge < -0.3 is 10.00 Å². The standard InChI is InChI=1S/C5H6NO4PS/c7-5(8)1-11(9,10)4-2-12-3-6-4/h2-3H,1H2,(H,7,8)(H,9,10). The van der Waals surface area contributed by atoms with Gasteiger partial charge in [-0.2, -0.15) is 0 Å². The van der Waals surface area contributed by atoms with Crippen molar-refractivity contribution in [3.8, 4) is 0 Å². The fraction of sp³-hybridized carbons (Fsp3) is 0.200. The van der Waals surface area contributed by atoms with Crippen LogP contribution in [0.15, 0.2) is 10.9 Å². The van der Waals surface area contributed by atoms with Crippen molar-refractivity contribution in [2.24, 2.45) is 0 Å². The van der Waals surface area contributed by atoms with Gasteiger partial charge in [-0.3, -0.25) is 9.36 Å². The second-order valence-corrected chi connectivity index (χ2v) is 5.00.